The van der Waals surface area contributed by atoms with Crippen molar-refractivity contribution in [3.05, 3.63) is 71.1 Å². The van der Waals surface area contributed by atoms with Crippen LogP contribution in [0.2, 0.25) is 0 Å². The van der Waals surface area contributed by atoms with Crippen molar-refractivity contribution < 1.29 is 14.3 Å². The van der Waals surface area contributed by atoms with Gasteiger partial charge in [-0.05, 0) is 55.0 Å². The van der Waals surface area contributed by atoms with Gasteiger partial charge in [0.25, 0.3) is 0 Å². The molecule has 2 amide bonds. The minimum absolute atomic E-state index is 0.177. The van der Waals surface area contributed by atoms with Crippen LogP contribution in [0, 0.1) is 27.6 Å². The van der Waals surface area contributed by atoms with Crippen LogP contribution in [0.4, 0.5) is 4.79 Å². The van der Waals surface area contributed by atoms with Gasteiger partial charge in [0.15, 0.2) is 0 Å². The first-order valence-corrected chi connectivity index (χ1v) is 17.1. The van der Waals surface area contributed by atoms with E-state index in [1.807, 2.05) is 51.1 Å². The number of amides is 2. The number of fused-ring (bicyclic) bond motifs is 1. The van der Waals surface area contributed by atoms with Crippen LogP contribution in [0.1, 0.15) is 89.0 Å². The topological polar surface area (TPSA) is 151 Å². The van der Waals surface area contributed by atoms with Crippen molar-refractivity contribution in [3.8, 4) is 5.75 Å². The minimum atomic E-state index is -0.358. The third-order valence-corrected chi connectivity index (χ3v) is 9.38. The second-order valence-electron chi connectivity index (χ2n) is 13.9. The normalized spacial score (nSPS) is 21.0. The lowest BCUT2D eigenvalue weighted by molar-refractivity contribution is 0.0387. The molecule has 2 fully saturated rings. The van der Waals surface area contributed by atoms with E-state index in [9.17, 15) is 4.79 Å². The first-order chi connectivity index (χ1) is 22.6. The number of carbonyl (C=O) groups is 1. The van der Waals surface area contributed by atoms with Crippen molar-refractivity contribution >= 4 is 17.6 Å². The van der Waals surface area contributed by atoms with Gasteiger partial charge in [0, 0.05) is 43.2 Å². The number of aromatic nitrogens is 1. The Labute approximate surface area is 278 Å². The second-order valence-corrected chi connectivity index (χ2v) is 13.9. The quantitative estimate of drug-likeness (QED) is 0.150. The van der Waals surface area contributed by atoms with Crippen molar-refractivity contribution in [1.29, 1.82) is 16.2 Å². The molecule has 11 nitrogen and oxygen atoms in total. The Morgan fingerprint density at radius 3 is 2.45 bits per heavy atom. The Morgan fingerprint density at radius 2 is 1.72 bits per heavy atom. The Balaban J connectivity index is 1.24. The van der Waals surface area contributed by atoms with Crippen LogP contribution < -0.4 is 26.2 Å². The Morgan fingerprint density at radius 1 is 1.00 bits per heavy atom. The maximum atomic E-state index is 13.4. The molecule has 6 N–H and O–H groups in total. The number of morpholine rings is 1. The summed E-state index contributed by atoms with van der Waals surface area (Å²) in [5.41, 5.74) is 2.37. The van der Waals surface area contributed by atoms with Gasteiger partial charge < -0.3 is 25.5 Å². The van der Waals surface area contributed by atoms with Gasteiger partial charge in [0.1, 0.15) is 29.0 Å². The molecule has 0 unspecified atom stereocenters. The number of carbonyl (C=O) groups excluding carboxylic acids is 1. The molecule has 47 heavy (non-hydrogen) atoms. The summed E-state index contributed by atoms with van der Waals surface area (Å²) in [6, 6.07) is 11.0. The molecule has 2 heterocycles. The Bertz CT molecular complexity index is 1500. The molecule has 1 saturated carbocycles. The zero-order valence-corrected chi connectivity index (χ0v) is 28.2. The average molecular weight is 645 g/mol. The van der Waals surface area contributed by atoms with Gasteiger partial charge in [0.05, 0.1) is 25.5 Å². The van der Waals surface area contributed by atoms with Gasteiger partial charge in [0.2, 0.25) is 0 Å². The number of ether oxygens (including phenoxy) is 2. The highest BCUT2D eigenvalue weighted by Gasteiger charge is 2.30. The molecule has 2 atom stereocenters. The number of hydrogen-bond acceptors (Lipinski definition) is 8. The minimum Gasteiger partial charge on any atom is -0.484 e. The van der Waals surface area contributed by atoms with Crippen LogP contribution in [-0.4, -0.2) is 66.4 Å². The maximum Gasteiger partial charge on any atom is 0.320 e. The largest absolute Gasteiger partial charge is 0.484 e. The number of benzene rings is 1. The van der Waals surface area contributed by atoms with Gasteiger partial charge in [-0.2, -0.15) is 0 Å². The first-order valence-electron chi connectivity index (χ1n) is 17.1. The summed E-state index contributed by atoms with van der Waals surface area (Å²) in [6.07, 6.45) is 10.1. The van der Waals surface area contributed by atoms with E-state index in [4.69, 9.17) is 25.7 Å². The van der Waals surface area contributed by atoms with E-state index in [0.717, 1.165) is 69.7 Å². The summed E-state index contributed by atoms with van der Waals surface area (Å²) >= 11 is 0. The van der Waals surface area contributed by atoms with Gasteiger partial charge >= 0.3 is 6.03 Å². The number of nitrogens with zero attached hydrogens (tertiary/aromatic N) is 2. The monoisotopic (exact) mass is 644 g/mol. The lowest BCUT2D eigenvalue weighted by Crippen LogP contribution is -2.45. The second kappa shape index (κ2) is 15.8. The molecule has 254 valence electrons. The number of allylic oxidation sites excluding steroid dienone is 1. The predicted molar refractivity (Wildman–Crippen MR) is 184 cm³/mol. The summed E-state index contributed by atoms with van der Waals surface area (Å²) < 4.78 is 13.6. The lowest BCUT2D eigenvalue weighted by atomic mass is 9.85. The summed E-state index contributed by atoms with van der Waals surface area (Å²) in [4.78, 5) is 15.7. The van der Waals surface area contributed by atoms with Crippen molar-refractivity contribution in [2.75, 3.05) is 39.4 Å². The smallest absolute Gasteiger partial charge is 0.320 e. The van der Waals surface area contributed by atoms with Crippen molar-refractivity contribution in [3.63, 3.8) is 0 Å². The summed E-state index contributed by atoms with van der Waals surface area (Å²) in [7, 11) is 0. The fourth-order valence-corrected chi connectivity index (χ4v) is 6.49. The Kier molecular flexibility index (Phi) is 11.5. The van der Waals surface area contributed by atoms with Gasteiger partial charge in [-0.15, -0.1) is 0 Å². The lowest BCUT2D eigenvalue weighted by Gasteiger charge is -2.32. The van der Waals surface area contributed by atoms with E-state index in [1.54, 1.807) is 22.9 Å². The van der Waals surface area contributed by atoms with Crippen LogP contribution in [0.25, 0.3) is 0 Å². The molecule has 5 rings (SSSR count). The number of rotatable bonds is 10. The number of urea groups is 1. The highest BCUT2D eigenvalue weighted by molar-refractivity contribution is 5.97. The van der Waals surface area contributed by atoms with Crippen molar-refractivity contribution in [2.24, 2.45) is 11.3 Å². The van der Waals surface area contributed by atoms with Gasteiger partial charge in [-0.3, -0.25) is 25.6 Å². The molecule has 2 aliphatic carbocycles. The maximum absolute atomic E-state index is 13.4. The highest BCUT2D eigenvalue weighted by atomic mass is 16.5. The van der Waals surface area contributed by atoms with Crippen LogP contribution in [0.3, 0.4) is 0 Å². The molecule has 1 aliphatic heterocycles. The van der Waals surface area contributed by atoms with E-state index in [0.29, 0.717) is 42.5 Å². The highest BCUT2D eigenvalue weighted by Crippen LogP contribution is 2.38. The van der Waals surface area contributed by atoms with Crippen LogP contribution in [0.15, 0.2) is 54.5 Å². The molecule has 0 radical (unpaired) electrons. The third kappa shape index (κ3) is 9.32. The number of pyridine rings is 1. The fourth-order valence-electron chi connectivity index (χ4n) is 6.49. The summed E-state index contributed by atoms with van der Waals surface area (Å²) in [5.74, 6) is 1.78. The molecule has 0 spiro atoms. The molecular weight excluding hydrogens is 592 g/mol. The first kappa shape index (κ1) is 34.4. The molecule has 2 aromatic rings. The molecule has 1 saturated heterocycles. The molecule has 11 heteroatoms. The fraction of sp³-hybridized carbons (Fsp3) is 0.556. The predicted octanol–water partition coefficient (Wildman–Crippen LogP) is 5.46. The summed E-state index contributed by atoms with van der Waals surface area (Å²) in [6.45, 7) is 10.6. The van der Waals surface area contributed by atoms with Gasteiger partial charge in [-0.25, -0.2) is 4.79 Å². The SMILES string of the molecule is CC(C)(C)C(=N)/C=C(\NCCN1CCOCC1)NC(=O)N[C@H]1CC[C@@H](Oc2ccc(=N)n(C(=N)C3CCCCC3)c2)c2ccccc21. The van der Waals surface area contributed by atoms with Gasteiger partial charge in [-0.1, -0.05) is 64.3 Å². The van der Waals surface area contributed by atoms with E-state index in [-0.39, 0.29) is 35.0 Å². The summed E-state index contributed by atoms with van der Waals surface area (Å²) in [5, 5.41) is 35.3. The Hall–Kier alpha value is -3.96. The molecule has 3 aliphatic rings. The zero-order chi connectivity index (χ0) is 33.4. The average Bonchev–Trinajstić information content (AvgIpc) is 3.06. The van der Waals surface area contributed by atoms with E-state index < -0.39 is 0 Å². The molecule has 0 bridgehead atoms. The van der Waals surface area contributed by atoms with Crippen molar-refractivity contribution in [2.45, 2.75) is 77.9 Å². The van der Waals surface area contributed by atoms with E-state index >= 15 is 0 Å². The van der Waals surface area contributed by atoms with Crippen LogP contribution in [0.5, 0.6) is 5.75 Å². The number of hydrogen-bond donors (Lipinski definition) is 6. The number of nitrogens with one attached hydrogen (secondary N) is 6. The third-order valence-electron chi connectivity index (χ3n) is 9.38. The molecule has 1 aromatic heterocycles. The van der Waals surface area contributed by atoms with Crippen molar-refractivity contribution in [1.82, 2.24) is 25.4 Å². The van der Waals surface area contributed by atoms with Crippen LogP contribution in [-0.2, 0) is 4.74 Å². The molecule has 1 aromatic carbocycles. The van der Waals surface area contributed by atoms with E-state index in [2.05, 4.69) is 20.9 Å². The molecular formula is C36H52N8O3. The zero-order valence-electron chi connectivity index (χ0n) is 28.2. The van der Waals surface area contributed by atoms with E-state index in [1.165, 1.54) is 6.42 Å². The van der Waals surface area contributed by atoms with Crippen LogP contribution >= 0.6 is 0 Å². The standard InChI is InChI=1S/C36H52N8O3/c1-36(2,3)31(37)23-33(40-17-18-43-19-21-46-22-20-43)42-35(45)41-29-14-15-30(28-12-8-7-11-27(28)29)47-26-13-16-32(38)44(24-26)34(39)25-9-5-4-6-10-25/h7-8,11-13,16,23-25,29-30,37-40H,4-6,9-10,14-15,17-22H2,1-3H3,(H2,41,42,45)/b33-23+,37-31?,38-32?,39-34?/t29-,30+/m0/s1.